The summed E-state index contributed by atoms with van der Waals surface area (Å²) in [5.41, 5.74) is 1.33. The van der Waals surface area contributed by atoms with Gasteiger partial charge in [0.05, 0.1) is 19.3 Å². The van der Waals surface area contributed by atoms with E-state index in [9.17, 15) is 40.5 Å². The first-order valence-corrected chi connectivity index (χ1v) is 13.4. The normalized spacial score (nSPS) is 33.5. The molecule has 2 aromatic rings. The molecule has 2 aromatic carbocycles. The SMILES string of the molecule is C[C@@H]1O[C@@H](O[C@@H]2[C@@H](O)[C@H](OCCc3cccc(O)c3)O[C@H](CO)[C@H]2OC(=O)/C=C/c2ccc(O)cc2)[C@H](O)[C@H](O)[C@H]1O. The van der Waals surface area contributed by atoms with Gasteiger partial charge in [-0.05, 0) is 54.8 Å². The van der Waals surface area contributed by atoms with E-state index in [4.69, 9.17) is 23.7 Å². The molecule has 13 heteroatoms. The lowest BCUT2D eigenvalue weighted by atomic mass is 9.97. The smallest absolute Gasteiger partial charge is 0.331 e. The Morgan fingerprint density at radius 1 is 0.881 bits per heavy atom. The summed E-state index contributed by atoms with van der Waals surface area (Å²) in [6.45, 7) is 0.802. The van der Waals surface area contributed by atoms with E-state index < -0.39 is 74.0 Å². The summed E-state index contributed by atoms with van der Waals surface area (Å²) in [4.78, 5) is 12.8. The fourth-order valence-electron chi connectivity index (χ4n) is 4.69. The number of aliphatic hydroxyl groups is 5. The minimum atomic E-state index is -1.73. The van der Waals surface area contributed by atoms with Crippen molar-refractivity contribution in [3.8, 4) is 11.5 Å². The zero-order chi connectivity index (χ0) is 30.4. The first-order chi connectivity index (χ1) is 20.1. The van der Waals surface area contributed by atoms with E-state index in [1.54, 1.807) is 30.3 Å². The fraction of sp³-hybridized carbons (Fsp3) is 0.483. The number of rotatable bonds is 10. The number of hydrogen-bond acceptors (Lipinski definition) is 13. The van der Waals surface area contributed by atoms with Crippen molar-refractivity contribution in [1.82, 2.24) is 0 Å². The average Bonchev–Trinajstić information content (AvgIpc) is 2.97. The summed E-state index contributed by atoms with van der Waals surface area (Å²) in [5, 5.41) is 71.2. The van der Waals surface area contributed by atoms with Crippen molar-refractivity contribution in [2.45, 2.75) is 74.8 Å². The van der Waals surface area contributed by atoms with Crippen LogP contribution in [-0.4, -0.2) is 116 Å². The number of benzene rings is 2. The van der Waals surface area contributed by atoms with Gasteiger partial charge in [-0.2, -0.15) is 0 Å². The van der Waals surface area contributed by atoms with Gasteiger partial charge < -0.3 is 59.4 Å². The Morgan fingerprint density at radius 2 is 1.62 bits per heavy atom. The van der Waals surface area contributed by atoms with Gasteiger partial charge in [-0.3, -0.25) is 0 Å². The number of hydrogen-bond donors (Lipinski definition) is 7. The van der Waals surface area contributed by atoms with Crippen molar-refractivity contribution in [2.24, 2.45) is 0 Å². The van der Waals surface area contributed by atoms with E-state index >= 15 is 0 Å². The minimum Gasteiger partial charge on any atom is -0.508 e. The second-order valence-corrected chi connectivity index (χ2v) is 10.1. The highest BCUT2D eigenvalue weighted by molar-refractivity contribution is 5.87. The van der Waals surface area contributed by atoms with Crippen LogP contribution in [0.2, 0.25) is 0 Å². The molecular weight excluding hydrogens is 556 g/mol. The van der Waals surface area contributed by atoms with Crippen LogP contribution in [0.5, 0.6) is 11.5 Å². The Labute approximate surface area is 241 Å². The van der Waals surface area contributed by atoms with Crippen molar-refractivity contribution in [1.29, 1.82) is 0 Å². The number of carbonyl (C=O) groups excluding carboxylic acids is 1. The monoisotopic (exact) mass is 592 g/mol. The minimum absolute atomic E-state index is 0.0281. The zero-order valence-electron chi connectivity index (χ0n) is 22.7. The van der Waals surface area contributed by atoms with Gasteiger partial charge in [0.15, 0.2) is 18.7 Å². The predicted molar refractivity (Wildman–Crippen MR) is 144 cm³/mol. The molecular formula is C29H36O13. The number of esters is 1. The first-order valence-electron chi connectivity index (χ1n) is 13.4. The van der Waals surface area contributed by atoms with E-state index in [0.29, 0.717) is 12.0 Å². The molecule has 7 N–H and O–H groups in total. The van der Waals surface area contributed by atoms with Crippen molar-refractivity contribution in [2.75, 3.05) is 13.2 Å². The summed E-state index contributed by atoms with van der Waals surface area (Å²) in [5.74, 6) is -0.758. The Kier molecular flexibility index (Phi) is 10.9. The molecule has 0 bridgehead atoms. The van der Waals surface area contributed by atoms with Crippen LogP contribution in [0.15, 0.2) is 54.6 Å². The number of carbonyl (C=O) groups is 1. The maximum Gasteiger partial charge on any atom is 0.331 e. The Bertz CT molecular complexity index is 1190. The number of ether oxygens (including phenoxy) is 5. The van der Waals surface area contributed by atoms with E-state index in [0.717, 1.165) is 11.6 Å². The van der Waals surface area contributed by atoms with Crippen molar-refractivity contribution in [3.05, 3.63) is 65.7 Å². The molecule has 13 nitrogen and oxygen atoms in total. The van der Waals surface area contributed by atoms with Gasteiger partial charge in [0.25, 0.3) is 0 Å². The molecule has 0 unspecified atom stereocenters. The lowest BCUT2D eigenvalue weighted by molar-refractivity contribution is -0.357. The third-order valence-corrected chi connectivity index (χ3v) is 7.03. The third kappa shape index (κ3) is 7.83. The summed E-state index contributed by atoms with van der Waals surface area (Å²) in [6, 6.07) is 12.5. The van der Waals surface area contributed by atoms with Crippen molar-refractivity contribution >= 4 is 12.0 Å². The maximum absolute atomic E-state index is 12.8. The largest absolute Gasteiger partial charge is 0.508 e. The molecule has 2 heterocycles. The lowest BCUT2D eigenvalue weighted by Gasteiger charge is -2.46. The Morgan fingerprint density at radius 3 is 2.31 bits per heavy atom. The molecule has 0 radical (unpaired) electrons. The first kappa shape index (κ1) is 31.8. The standard InChI is InChI=1S/C29H36O13/c1-15-22(34)23(35)24(36)29(39-15)42-27-25(37)28(38-12-11-17-3-2-4-19(32)13-17)40-20(14-30)26(27)41-21(33)10-7-16-5-8-18(31)9-6-16/h2-10,13,15,20,22-32,34-37H,11-12,14H2,1H3/b10-7+/t15-,20+,22-,23+,24+,25+,26+,27+,28+,29-/m0/s1. The summed E-state index contributed by atoms with van der Waals surface area (Å²) < 4.78 is 28.4. The van der Waals surface area contributed by atoms with E-state index in [1.165, 1.54) is 31.2 Å². The number of phenolic OH excluding ortho intramolecular Hbond substituents is 2. The third-order valence-electron chi connectivity index (χ3n) is 7.03. The quantitative estimate of drug-likeness (QED) is 0.138. The molecule has 230 valence electrons. The van der Waals surface area contributed by atoms with E-state index in [1.807, 2.05) is 0 Å². The molecule has 2 aliphatic rings. The molecule has 2 saturated heterocycles. The summed E-state index contributed by atoms with van der Waals surface area (Å²) in [6.07, 6.45) is -11.6. The summed E-state index contributed by atoms with van der Waals surface area (Å²) >= 11 is 0. The Balaban J connectivity index is 1.51. The number of aromatic hydroxyl groups is 2. The van der Waals surface area contributed by atoms with Crippen LogP contribution < -0.4 is 0 Å². The summed E-state index contributed by atoms with van der Waals surface area (Å²) in [7, 11) is 0. The molecule has 0 spiro atoms. The molecule has 2 aliphatic heterocycles. The topological polar surface area (TPSA) is 205 Å². The molecule has 0 aromatic heterocycles. The predicted octanol–water partition coefficient (Wildman–Crippen LogP) is -0.427. The van der Waals surface area contributed by atoms with Crippen LogP contribution in [0.4, 0.5) is 0 Å². The van der Waals surface area contributed by atoms with Gasteiger partial charge in [0.2, 0.25) is 0 Å². The van der Waals surface area contributed by atoms with Crippen LogP contribution in [0.3, 0.4) is 0 Å². The van der Waals surface area contributed by atoms with E-state index in [-0.39, 0.29) is 18.1 Å². The van der Waals surface area contributed by atoms with Gasteiger partial charge in [0.1, 0.15) is 48.1 Å². The zero-order valence-corrected chi connectivity index (χ0v) is 22.7. The Hall–Kier alpha value is -3.11. The van der Waals surface area contributed by atoms with Crippen LogP contribution in [0.25, 0.3) is 6.08 Å². The molecule has 2 fully saturated rings. The van der Waals surface area contributed by atoms with Crippen LogP contribution >= 0.6 is 0 Å². The van der Waals surface area contributed by atoms with Gasteiger partial charge in [-0.25, -0.2) is 4.79 Å². The molecule has 4 rings (SSSR count). The fourth-order valence-corrected chi connectivity index (χ4v) is 4.69. The van der Waals surface area contributed by atoms with E-state index in [2.05, 4.69) is 0 Å². The van der Waals surface area contributed by atoms with Crippen LogP contribution in [0.1, 0.15) is 18.1 Å². The second-order valence-electron chi connectivity index (χ2n) is 10.1. The number of phenols is 2. The number of aliphatic hydroxyl groups excluding tert-OH is 5. The molecule has 0 amide bonds. The van der Waals surface area contributed by atoms with Gasteiger partial charge in [-0.15, -0.1) is 0 Å². The highest BCUT2D eigenvalue weighted by atomic mass is 16.7. The van der Waals surface area contributed by atoms with Crippen LogP contribution in [-0.2, 0) is 34.9 Å². The second kappa shape index (κ2) is 14.4. The molecule has 0 aliphatic carbocycles. The van der Waals surface area contributed by atoms with Gasteiger partial charge in [0, 0.05) is 6.08 Å². The highest BCUT2D eigenvalue weighted by Crippen LogP contribution is 2.31. The van der Waals surface area contributed by atoms with Crippen LogP contribution in [0, 0.1) is 0 Å². The maximum atomic E-state index is 12.8. The van der Waals surface area contributed by atoms with Crippen molar-refractivity contribution < 1.29 is 64.2 Å². The lowest BCUT2D eigenvalue weighted by Crippen LogP contribution is -2.65. The van der Waals surface area contributed by atoms with Crippen molar-refractivity contribution in [3.63, 3.8) is 0 Å². The van der Waals surface area contributed by atoms with Gasteiger partial charge in [-0.1, -0.05) is 24.3 Å². The average molecular weight is 593 g/mol. The molecule has 0 saturated carbocycles. The highest BCUT2D eigenvalue weighted by Gasteiger charge is 2.52. The molecule has 42 heavy (non-hydrogen) atoms. The molecule has 10 atom stereocenters. The van der Waals surface area contributed by atoms with Gasteiger partial charge >= 0.3 is 5.97 Å².